The molecular weight excluding hydrogens is 318 g/mol. The molecule has 1 unspecified atom stereocenters. The largest absolute Gasteiger partial charge is 0.364 e. The Hall–Kier alpha value is -1.48. The molecule has 0 aromatic heterocycles. The van der Waals surface area contributed by atoms with E-state index >= 15 is 0 Å². The number of ether oxygens (including phenoxy) is 1. The van der Waals surface area contributed by atoms with Gasteiger partial charge in [0.15, 0.2) is 0 Å². The van der Waals surface area contributed by atoms with Gasteiger partial charge in [0.1, 0.15) is 6.10 Å². The lowest BCUT2D eigenvalue weighted by Crippen LogP contribution is -2.37. The van der Waals surface area contributed by atoms with Gasteiger partial charge in [-0.15, -0.1) is 0 Å². The minimum Gasteiger partial charge on any atom is -0.364 e. The van der Waals surface area contributed by atoms with Crippen LogP contribution >= 0.6 is 0 Å². The Morgan fingerprint density at radius 2 is 2.00 bits per heavy atom. The van der Waals surface area contributed by atoms with E-state index in [2.05, 4.69) is 10.0 Å². The maximum atomic E-state index is 12.2. The molecule has 2 rings (SSSR count). The van der Waals surface area contributed by atoms with E-state index in [1.165, 1.54) is 19.2 Å². The summed E-state index contributed by atoms with van der Waals surface area (Å²) in [5.41, 5.74) is 6.36. The average Bonchev–Trinajstić information content (AvgIpc) is 3.04. The fourth-order valence-corrected chi connectivity index (χ4v) is 3.25. The van der Waals surface area contributed by atoms with Crippen LogP contribution in [0.15, 0.2) is 29.2 Å². The van der Waals surface area contributed by atoms with Gasteiger partial charge in [-0.1, -0.05) is 12.1 Å². The Balaban J connectivity index is 1.98. The summed E-state index contributed by atoms with van der Waals surface area (Å²) in [6.07, 6.45) is 0.946. The normalized spacial score (nSPS) is 22.7. The molecule has 1 aliphatic heterocycles. The fraction of sp³-hybridized carbons (Fsp3) is 0.533. The molecule has 3 atom stereocenters. The highest BCUT2D eigenvalue weighted by Crippen LogP contribution is 2.21. The Kier molecular flexibility index (Phi) is 5.74. The summed E-state index contributed by atoms with van der Waals surface area (Å²) in [6, 6.07) is 6.16. The lowest BCUT2D eigenvalue weighted by Gasteiger charge is -2.18. The van der Waals surface area contributed by atoms with Gasteiger partial charge in [0, 0.05) is 6.54 Å². The van der Waals surface area contributed by atoms with Gasteiger partial charge in [-0.25, -0.2) is 13.1 Å². The molecule has 1 aliphatic rings. The van der Waals surface area contributed by atoms with Crippen LogP contribution in [0.5, 0.6) is 0 Å². The van der Waals surface area contributed by atoms with E-state index < -0.39 is 16.1 Å². The van der Waals surface area contributed by atoms with Gasteiger partial charge in [0.05, 0.1) is 17.0 Å². The van der Waals surface area contributed by atoms with E-state index in [0.29, 0.717) is 13.0 Å². The summed E-state index contributed by atoms with van der Waals surface area (Å²) in [4.78, 5) is 12.4. The summed E-state index contributed by atoms with van der Waals surface area (Å²) in [6.45, 7) is 2.26. The van der Waals surface area contributed by atoms with Crippen molar-refractivity contribution in [2.24, 2.45) is 5.73 Å². The molecule has 7 nitrogen and oxygen atoms in total. The summed E-state index contributed by atoms with van der Waals surface area (Å²) < 4.78 is 31.2. The third-order valence-corrected chi connectivity index (χ3v) is 5.41. The zero-order valence-corrected chi connectivity index (χ0v) is 14.1. The molecule has 0 saturated carbocycles. The standard InChI is InChI=1S/C15H23N3O4S/c1-10(18-15(19)14-8-5-12(9-16)22-14)11-3-6-13(7-4-11)23(20,21)17-2/h3-4,6-7,10,12,14,17H,5,8-9,16H2,1-2H3,(H,18,19)/t10?,12-,14+/m1/s1. The second-order valence-corrected chi connectivity index (χ2v) is 7.45. The zero-order valence-electron chi connectivity index (χ0n) is 13.3. The first-order chi connectivity index (χ1) is 10.9. The van der Waals surface area contributed by atoms with Crippen LogP contribution < -0.4 is 15.8 Å². The number of hydrogen-bond donors (Lipinski definition) is 3. The van der Waals surface area contributed by atoms with Gasteiger partial charge >= 0.3 is 0 Å². The van der Waals surface area contributed by atoms with Gasteiger partial charge in [-0.05, 0) is 44.5 Å². The summed E-state index contributed by atoms with van der Waals surface area (Å²) in [7, 11) is -2.09. The van der Waals surface area contributed by atoms with Gasteiger partial charge in [0.2, 0.25) is 15.9 Å². The molecule has 128 valence electrons. The summed E-state index contributed by atoms with van der Waals surface area (Å²) in [5, 5.41) is 2.89. The average molecular weight is 341 g/mol. The SMILES string of the molecule is CNS(=O)(=O)c1ccc(C(C)NC(=O)[C@@H]2CC[C@H](CN)O2)cc1. The van der Waals surface area contributed by atoms with Gasteiger partial charge in [0.25, 0.3) is 0 Å². The molecule has 0 bridgehead atoms. The van der Waals surface area contributed by atoms with E-state index in [9.17, 15) is 13.2 Å². The highest BCUT2D eigenvalue weighted by molar-refractivity contribution is 7.89. The maximum absolute atomic E-state index is 12.2. The monoisotopic (exact) mass is 341 g/mol. The van der Waals surface area contributed by atoms with E-state index in [0.717, 1.165) is 12.0 Å². The molecular formula is C15H23N3O4S. The summed E-state index contributed by atoms with van der Waals surface area (Å²) >= 11 is 0. The van der Waals surface area contributed by atoms with Crippen molar-refractivity contribution in [1.29, 1.82) is 0 Å². The molecule has 8 heteroatoms. The molecule has 1 amide bonds. The van der Waals surface area contributed by atoms with Crippen molar-refractivity contribution in [3.05, 3.63) is 29.8 Å². The molecule has 0 spiro atoms. The molecule has 23 heavy (non-hydrogen) atoms. The number of carbonyl (C=O) groups is 1. The van der Waals surface area contributed by atoms with Crippen molar-refractivity contribution in [2.45, 2.75) is 42.9 Å². The Morgan fingerprint density at radius 1 is 1.35 bits per heavy atom. The minimum absolute atomic E-state index is 0.0490. The van der Waals surface area contributed by atoms with Crippen molar-refractivity contribution < 1.29 is 17.9 Å². The Bertz CT molecular complexity index is 645. The number of rotatable bonds is 6. The number of benzene rings is 1. The number of nitrogens with two attached hydrogens (primary N) is 1. The zero-order chi connectivity index (χ0) is 17.0. The molecule has 1 heterocycles. The number of hydrogen-bond acceptors (Lipinski definition) is 5. The smallest absolute Gasteiger partial charge is 0.249 e. The highest BCUT2D eigenvalue weighted by atomic mass is 32.2. The molecule has 4 N–H and O–H groups in total. The summed E-state index contributed by atoms with van der Waals surface area (Å²) in [5.74, 6) is -0.166. The lowest BCUT2D eigenvalue weighted by molar-refractivity contribution is -0.132. The second-order valence-electron chi connectivity index (χ2n) is 5.57. The fourth-order valence-electron chi connectivity index (χ4n) is 2.52. The number of nitrogens with one attached hydrogen (secondary N) is 2. The van der Waals surface area contributed by atoms with Crippen LogP contribution in [0, 0.1) is 0 Å². The van der Waals surface area contributed by atoms with E-state index in [1.54, 1.807) is 12.1 Å². The van der Waals surface area contributed by atoms with Crippen molar-refractivity contribution in [2.75, 3.05) is 13.6 Å². The quantitative estimate of drug-likeness (QED) is 0.688. The maximum Gasteiger partial charge on any atom is 0.249 e. The highest BCUT2D eigenvalue weighted by Gasteiger charge is 2.30. The van der Waals surface area contributed by atoms with Crippen LogP contribution in [0.3, 0.4) is 0 Å². The third kappa shape index (κ3) is 4.29. The second kappa shape index (κ2) is 7.39. The lowest BCUT2D eigenvalue weighted by atomic mass is 10.1. The molecule has 1 aromatic carbocycles. The Morgan fingerprint density at radius 3 is 2.52 bits per heavy atom. The van der Waals surface area contributed by atoms with Gasteiger partial charge in [-0.2, -0.15) is 0 Å². The van der Waals surface area contributed by atoms with Crippen molar-refractivity contribution in [3.8, 4) is 0 Å². The van der Waals surface area contributed by atoms with E-state index in [4.69, 9.17) is 10.5 Å². The van der Waals surface area contributed by atoms with Crippen LogP contribution in [0.4, 0.5) is 0 Å². The number of sulfonamides is 1. The van der Waals surface area contributed by atoms with Crippen LogP contribution in [0.1, 0.15) is 31.4 Å². The molecule has 1 saturated heterocycles. The van der Waals surface area contributed by atoms with Crippen LogP contribution in [0.25, 0.3) is 0 Å². The van der Waals surface area contributed by atoms with Crippen molar-refractivity contribution >= 4 is 15.9 Å². The predicted molar refractivity (Wildman–Crippen MR) is 86.2 cm³/mol. The van der Waals surface area contributed by atoms with E-state index in [1.807, 2.05) is 6.92 Å². The van der Waals surface area contributed by atoms with Crippen LogP contribution in [-0.2, 0) is 19.6 Å². The van der Waals surface area contributed by atoms with Crippen molar-refractivity contribution in [3.63, 3.8) is 0 Å². The third-order valence-electron chi connectivity index (χ3n) is 3.98. The van der Waals surface area contributed by atoms with Gasteiger partial charge < -0.3 is 15.8 Å². The molecule has 1 fully saturated rings. The first-order valence-electron chi connectivity index (χ1n) is 7.56. The van der Waals surface area contributed by atoms with E-state index in [-0.39, 0.29) is 22.9 Å². The predicted octanol–water partition coefficient (Wildman–Crippen LogP) is 0.278. The number of amides is 1. The molecule has 1 aromatic rings. The van der Waals surface area contributed by atoms with Crippen LogP contribution in [-0.4, -0.2) is 40.1 Å². The number of carbonyl (C=O) groups excluding carboxylic acids is 1. The minimum atomic E-state index is -3.46. The van der Waals surface area contributed by atoms with Crippen molar-refractivity contribution in [1.82, 2.24) is 10.0 Å². The van der Waals surface area contributed by atoms with Crippen LogP contribution in [0.2, 0.25) is 0 Å². The Labute approximate surface area is 136 Å². The first-order valence-corrected chi connectivity index (χ1v) is 9.05. The van der Waals surface area contributed by atoms with Gasteiger partial charge in [-0.3, -0.25) is 4.79 Å². The molecule has 0 radical (unpaired) electrons. The topological polar surface area (TPSA) is 111 Å². The first kappa shape index (κ1) is 17.9. The molecule has 0 aliphatic carbocycles.